The molecule has 8 nitrogen and oxygen atoms in total. The third kappa shape index (κ3) is 5.27. The van der Waals surface area contributed by atoms with Gasteiger partial charge in [-0.25, -0.2) is 13.2 Å². The molecule has 1 aromatic heterocycles. The first-order valence-corrected chi connectivity index (χ1v) is 12.3. The lowest BCUT2D eigenvalue weighted by Gasteiger charge is -2.10. The maximum Gasteiger partial charge on any atom is 0.419 e. The Labute approximate surface area is 197 Å². The number of anilines is 1. The van der Waals surface area contributed by atoms with Gasteiger partial charge in [0.2, 0.25) is 0 Å². The van der Waals surface area contributed by atoms with Gasteiger partial charge in [-0.15, -0.1) is 0 Å². The minimum Gasteiger partial charge on any atom is -0.408 e. The number of benzene rings is 3. The summed E-state index contributed by atoms with van der Waals surface area (Å²) in [6, 6.07) is 19.7. The van der Waals surface area contributed by atoms with Gasteiger partial charge in [-0.3, -0.25) is 9.36 Å². The molecule has 0 saturated heterocycles. The molecule has 4 aromatic rings. The number of oxazole rings is 1. The second kappa shape index (κ2) is 9.66. The summed E-state index contributed by atoms with van der Waals surface area (Å²) < 4.78 is 32.2. The maximum absolute atomic E-state index is 12.9. The lowest BCUT2D eigenvalue weighted by atomic mass is 10.1. The van der Waals surface area contributed by atoms with Crippen molar-refractivity contribution in [2.45, 2.75) is 17.2 Å². The molecule has 176 valence electrons. The van der Waals surface area contributed by atoms with Gasteiger partial charge in [0, 0.05) is 24.3 Å². The number of nitrogens with one attached hydrogen (secondary N) is 1. The van der Waals surface area contributed by atoms with E-state index in [1.54, 1.807) is 72.8 Å². The standard InChI is InChI=1S/C25H25N3O5S/c1-27(2)13-14-28-22-16-20(11-12-23(22)33-25(28)30)26-24(29)19-8-6-7-18(15-19)17-34(31,32)21-9-4-3-5-10-21/h3-12,15-16H,13-14,17H2,1-2H3,(H,26,29). The number of amides is 1. The summed E-state index contributed by atoms with van der Waals surface area (Å²) in [7, 11) is 0.299. The Hall–Kier alpha value is -3.69. The van der Waals surface area contributed by atoms with Crippen molar-refractivity contribution in [1.29, 1.82) is 0 Å². The zero-order valence-electron chi connectivity index (χ0n) is 18.9. The molecule has 0 aliphatic heterocycles. The van der Waals surface area contributed by atoms with E-state index < -0.39 is 15.6 Å². The van der Waals surface area contributed by atoms with Crippen LogP contribution in [0.5, 0.6) is 0 Å². The summed E-state index contributed by atoms with van der Waals surface area (Å²) in [4.78, 5) is 27.3. The fraction of sp³-hybridized carbons (Fsp3) is 0.200. The van der Waals surface area contributed by atoms with E-state index in [4.69, 9.17) is 4.42 Å². The highest BCUT2D eigenvalue weighted by atomic mass is 32.2. The summed E-state index contributed by atoms with van der Waals surface area (Å²) >= 11 is 0. The summed E-state index contributed by atoms with van der Waals surface area (Å²) in [6.45, 7) is 1.11. The summed E-state index contributed by atoms with van der Waals surface area (Å²) in [5.41, 5.74) is 2.37. The van der Waals surface area contributed by atoms with Crippen LogP contribution in [-0.2, 0) is 22.1 Å². The lowest BCUT2D eigenvalue weighted by molar-refractivity contribution is 0.102. The Balaban J connectivity index is 1.54. The Bertz CT molecular complexity index is 1490. The van der Waals surface area contributed by atoms with E-state index in [2.05, 4.69) is 5.32 Å². The summed E-state index contributed by atoms with van der Waals surface area (Å²) in [6.07, 6.45) is 0. The van der Waals surface area contributed by atoms with Crippen molar-refractivity contribution in [2.24, 2.45) is 0 Å². The number of rotatable bonds is 8. The molecule has 34 heavy (non-hydrogen) atoms. The third-order valence-corrected chi connectivity index (χ3v) is 7.05. The summed E-state index contributed by atoms with van der Waals surface area (Å²) in [5, 5.41) is 2.82. The van der Waals surface area contributed by atoms with Crippen molar-refractivity contribution >= 4 is 32.5 Å². The molecule has 1 N–H and O–H groups in total. The topological polar surface area (TPSA) is 102 Å². The van der Waals surface area contributed by atoms with Gasteiger partial charge in [0.25, 0.3) is 5.91 Å². The molecule has 1 heterocycles. The van der Waals surface area contributed by atoms with Crippen LogP contribution in [0.25, 0.3) is 11.1 Å². The fourth-order valence-electron chi connectivity index (χ4n) is 3.59. The molecule has 0 atom stereocenters. The predicted molar refractivity (Wildman–Crippen MR) is 131 cm³/mol. The molecule has 0 spiro atoms. The van der Waals surface area contributed by atoms with Crippen LogP contribution >= 0.6 is 0 Å². The number of carbonyl (C=O) groups excluding carboxylic acids is 1. The fourth-order valence-corrected chi connectivity index (χ4v) is 4.94. The van der Waals surface area contributed by atoms with Crippen LogP contribution in [0.2, 0.25) is 0 Å². The van der Waals surface area contributed by atoms with Gasteiger partial charge >= 0.3 is 5.76 Å². The van der Waals surface area contributed by atoms with Crippen LogP contribution in [0.1, 0.15) is 15.9 Å². The number of sulfone groups is 1. The molecule has 0 bridgehead atoms. The van der Waals surface area contributed by atoms with Crippen LogP contribution in [-0.4, -0.2) is 44.4 Å². The monoisotopic (exact) mass is 479 g/mol. The quantitative estimate of drug-likeness (QED) is 0.416. The number of likely N-dealkylation sites (N-methyl/N-ethyl adjacent to an activating group) is 1. The minimum atomic E-state index is -3.53. The molecule has 3 aromatic carbocycles. The van der Waals surface area contributed by atoms with Gasteiger partial charge in [0.1, 0.15) is 0 Å². The Kier molecular flexibility index (Phi) is 6.67. The Morgan fingerprint density at radius 1 is 1.00 bits per heavy atom. The smallest absolute Gasteiger partial charge is 0.408 e. The van der Waals surface area contributed by atoms with Crippen LogP contribution < -0.4 is 11.1 Å². The van der Waals surface area contributed by atoms with Crippen molar-refractivity contribution in [3.05, 3.63) is 94.5 Å². The molecule has 0 fully saturated rings. The Morgan fingerprint density at radius 2 is 1.76 bits per heavy atom. The van der Waals surface area contributed by atoms with E-state index in [1.807, 2.05) is 19.0 Å². The van der Waals surface area contributed by atoms with Crippen molar-refractivity contribution in [3.63, 3.8) is 0 Å². The van der Waals surface area contributed by atoms with Gasteiger partial charge in [0.15, 0.2) is 15.4 Å². The second-order valence-electron chi connectivity index (χ2n) is 8.23. The molecule has 4 rings (SSSR count). The average molecular weight is 480 g/mol. The maximum atomic E-state index is 12.9. The molecule has 0 radical (unpaired) electrons. The zero-order valence-corrected chi connectivity index (χ0v) is 19.7. The van der Waals surface area contributed by atoms with Crippen molar-refractivity contribution in [1.82, 2.24) is 9.47 Å². The molecule has 0 aliphatic carbocycles. The summed E-state index contributed by atoms with van der Waals surface area (Å²) in [5.74, 6) is -1.05. The first-order chi connectivity index (χ1) is 16.2. The molecule has 0 unspecified atom stereocenters. The lowest BCUT2D eigenvalue weighted by Crippen LogP contribution is -2.23. The zero-order chi connectivity index (χ0) is 24.3. The van der Waals surface area contributed by atoms with E-state index >= 15 is 0 Å². The van der Waals surface area contributed by atoms with Crippen LogP contribution in [0.4, 0.5) is 5.69 Å². The third-order valence-electron chi connectivity index (χ3n) is 5.34. The van der Waals surface area contributed by atoms with E-state index in [0.29, 0.717) is 41.0 Å². The second-order valence-corrected chi connectivity index (χ2v) is 10.2. The Morgan fingerprint density at radius 3 is 2.50 bits per heavy atom. The van der Waals surface area contributed by atoms with Crippen molar-refractivity contribution in [2.75, 3.05) is 26.0 Å². The van der Waals surface area contributed by atoms with Crippen molar-refractivity contribution < 1.29 is 17.6 Å². The molecule has 9 heteroatoms. The number of hydrogen-bond donors (Lipinski definition) is 1. The highest BCUT2D eigenvalue weighted by molar-refractivity contribution is 7.90. The number of nitrogens with zero attached hydrogens (tertiary/aromatic N) is 2. The van der Waals surface area contributed by atoms with E-state index in [0.717, 1.165) is 0 Å². The largest absolute Gasteiger partial charge is 0.419 e. The normalized spacial score (nSPS) is 11.7. The van der Waals surface area contributed by atoms with Gasteiger partial charge in [-0.2, -0.15) is 0 Å². The number of carbonyl (C=O) groups is 1. The number of fused-ring (bicyclic) bond motifs is 1. The van der Waals surface area contributed by atoms with Crippen LogP contribution in [0, 0.1) is 0 Å². The average Bonchev–Trinajstić information content (AvgIpc) is 3.12. The highest BCUT2D eigenvalue weighted by Crippen LogP contribution is 2.21. The first-order valence-electron chi connectivity index (χ1n) is 10.7. The van der Waals surface area contributed by atoms with Gasteiger partial charge in [-0.1, -0.05) is 30.3 Å². The molecule has 0 aliphatic rings. The molecular formula is C25H25N3O5S. The van der Waals surface area contributed by atoms with Crippen molar-refractivity contribution in [3.8, 4) is 0 Å². The first kappa shape index (κ1) is 23.5. The minimum absolute atomic E-state index is 0.211. The number of hydrogen-bond acceptors (Lipinski definition) is 6. The van der Waals surface area contributed by atoms with E-state index in [9.17, 15) is 18.0 Å². The van der Waals surface area contributed by atoms with E-state index in [1.165, 1.54) is 4.57 Å². The van der Waals surface area contributed by atoms with Gasteiger partial charge in [-0.05, 0) is 62.1 Å². The molecular weight excluding hydrogens is 454 g/mol. The SMILES string of the molecule is CN(C)CCn1c(=O)oc2ccc(NC(=O)c3cccc(CS(=O)(=O)c4ccccc4)c3)cc21. The number of aromatic nitrogens is 1. The molecule has 1 amide bonds. The highest BCUT2D eigenvalue weighted by Gasteiger charge is 2.17. The van der Waals surface area contributed by atoms with Crippen LogP contribution in [0.3, 0.4) is 0 Å². The molecule has 0 saturated carbocycles. The van der Waals surface area contributed by atoms with Gasteiger partial charge in [0.05, 0.1) is 16.2 Å². The predicted octanol–water partition coefficient (Wildman–Crippen LogP) is 3.38. The van der Waals surface area contributed by atoms with Crippen LogP contribution in [0.15, 0.2) is 86.9 Å². The van der Waals surface area contributed by atoms with E-state index in [-0.39, 0.29) is 16.6 Å². The van der Waals surface area contributed by atoms with Gasteiger partial charge < -0.3 is 14.6 Å².